The standard InChI is InChI=1S/C14H20N2O3.ClH/c1-9-3-4-11(10(2)12(9)17)16-13(18)14(15)5-7-19-8-6-14;/h3-4,17H,5-8,15H2,1-2H3,(H,16,18);1H. The van der Waals surface area contributed by atoms with Crippen LogP contribution in [0.2, 0.25) is 0 Å². The maximum atomic E-state index is 12.3. The molecule has 1 fully saturated rings. The third kappa shape index (κ3) is 3.23. The van der Waals surface area contributed by atoms with Gasteiger partial charge < -0.3 is 20.9 Å². The van der Waals surface area contributed by atoms with E-state index in [1.54, 1.807) is 19.1 Å². The van der Waals surface area contributed by atoms with Crippen LogP contribution in [0.1, 0.15) is 24.0 Å². The molecule has 1 heterocycles. The van der Waals surface area contributed by atoms with Gasteiger partial charge in [0.25, 0.3) is 0 Å². The first-order valence-electron chi connectivity index (χ1n) is 6.41. The minimum absolute atomic E-state index is 0. The lowest BCUT2D eigenvalue weighted by atomic mass is 9.90. The molecule has 0 aromatic heterocycles. The molecule has 0 spiro atoms. The van der Waals surface area contributed by atoms with E-state index in [0.29, 0.717) is 37.3 Å². The van der Waals surface area contributed by atoms with Crippen molar-refractivity contribution in [1.29, 1.82) is 0 Å². The second-order valence-electron chi connectivity index (χ2n) is 5.13. The lowest BCUT2D eigenvalue weighted by Crippen LogP contribution is -2.54. The summed E-state index contributed by atoms with van der Waals surface area (Å²) in [5, 5.41) is 12.7. The van der Waals surface area contributed by atoms with Crippen molar-refractivity contribution >= 4 is 24.0 Å². The van der Waals surface area contributed by atoms with Crippen molar-refractivity contribution in [3.05, 3.63) is 23.3 Å². The number of rotatable bonds is 2. The van der Waals surface area contributed by atoms with E-state index in [1.165, 1.54) is 0 Å². The van der Waals surface area contributed by atoms with Crippen LogP contribution in [0.15, 0.2) is 12.1 Å². The van der Waals surface area contributed by atoms with Gasteiger partial charge in [-0.25, -0.2) is 0 Å². The molecule has 1 aliphatic rings. The fraction of sp³-hybridized carbons (Fsp3) is 0.500. The van der Waals surface area contributed by atoms with Crippen LogP contribution in [0.4, 0.5) is 5.69 Å². The predicted octanol–water partition coefficient (Wildman–Crippen LogP) is 1.88. The largest absolute Gasteiger partial charge is 0.507 e. The summed E-state index contributed by atoms with van der Waals surface area (Å²) < 4.78 is 5.22. The Kier molecular flexibility index (Phi) is 5.39. The lowest BCUT2D eigenvalue weighted by molar-refractivity contribution is -0.124. The number of carbonyl (C=O) groups excluding carboxylic acids is 1. The molecule has 0 radical (unpaired) electrons. The van der Waals surface area contributed by atoms with Gasteiger partial charge in [0.2, 0.25) is 5.91 Å². The van der Waals surface area contributed by atoms with Crippen molar-refractivity contribution in [2.24, 2.45) is 5.73 Å². The summed E-state index contributed by atoms with van der Waals surface area (Å²) >= 11 is 0. The molecule has 0 saturated carbocycles. The molecule has 1 aliphatic heterocycles. The Morgan fingerprint density at radius 1 is 1.35 bits per heavy atom. The molecule has 1 aromatic carbocycles. The monoisotopic (exact) mass is 300 g/mol. The van der Waals surface area contributed by atoms with Gasteiger partial charge in [0.1, 0.15) is 11.3 Å². The first-order valence-corrected chi connectivity index (χ1v) is 6.41. The maximum absolute atomic E-state index is 12.3. The van der Waals surface area contributed by atoms with E-state index < -0.39 is 5.54 Å². The summed E-state index contributed by atoms with van der Waals surface area (Å²) in [6, 6.07) is 3.55. The van der Waals surface area contributed by atoms with Crippen molar-refractivity contribution in [2.45, 2.75) is 32.2 Å². The highest BCUT2D eigenvalue weighted by atomic mass is 35.5. The number of amides is 1. The second-order valence-corrected chi connectivity index (χ2v) is 5.13. The van der Waals surface area contributed by atoms with Crippen LogP contribution in [0, 0.1) is 13.8 Å². The van der Waals surface area contributed by atoms with Gasteiger partial charge in [-0.05, 0) is 38.3 Å². The minimum Gasteiger partial charge on any atom is -0.507 e. The molecular formula is C14H21ClN2O3. The summed E-state index contributed by atoms with van der Waals surface area (Å²) in [6.07, 6.45) is 1.02. The topological polar surface area (TPSA) is 84.6 Å². The molecule has 0 atom stereocenters. The summed E-state index contributed by atoms with van der Waals surface area (Å²) in [5.41, 5.74) is 7.27. The molecule has 5 nitrogen and oxygen atoms in total. The van der Waals surface area contributed by atoms with Crippen molar-refractivity contribution in [3.63, 3.8) is 0 Å². The van der Waals surface area contributed by atoms with E-state index in [-0.39, 0.29) is 24.1 Å². The number of ether oxygens (including phenoxy) is 1. The smallest absolute Gasteiger partial charge is 0.244 e. The van der Waals surface area contributed by atoms with E-state index in [0.717, 1.165) is 5.56 Å². The number of hydrogen-bond donors (Lipinski definition) is 3. The van der Waals surface area contributed by atoms with E-state index in [1.807, 2.05) is 6.92 Å². The highest BCUT2D eigenvalue weighted by Gasteiger charge is 2.36. The number of phenolic OH excluding ortho intramolecular Hbond substituents is 1. The van der Waals surface area contributed by atoms with Crippen LogP contribution < -0.4 is 11.1 Å². The SMILES string of the molecule is Cc1ccc(NC(=O)C2(N)CCOCC2)c(C)c1O.Cl. The van der Waals surface area contributed by atoms with Crippen LogP contribution in [-0.2, 0) is 9.53 Å². The Bertz CT molecular complexity index is 499. The fourth-order valence-corrected chi connectivity index (χ4v) is 2.18. The Morgan fingerprint density at radius 2 is 1.95 bits per heavy atom. The highest BCUT2D eigenvalue weighted by Crippen LogP contribution is 2.29. The number of hydrogen-bond acceptors (Lipinski definition) is 4. The fourth-order valence-electron chi connectivity index (χ4n) is 2.18. The number of phenols is 1. The summed E-state index contributed by atoms with van der Waals surface area (Å²) in [4.78, 5) is 12.3. The number of aromatic hydroxyl groups is 1. The van der Waals surface area contributed by atoms with Crippen LogP contribution in [0.5, 0.6) is 5.75 Å². The van der Waals surface area contributed by atoms with Crippen molar-refractivity contribution in [2.75, 3.05) is 18.5 Å². The number of nitrogens with one attached hydrogen (secondary N) is 1. The van der Waals surface area contributed by atoms with Crippen LogP contribution in [-0.4, -0.2) is 29.8 Å². The van der Waals surface area contributed by atoms with Gasteiger partial charge in [0, 0.05) is 24.5 Å². The quantitative estimate of drug-likeness (QED) is 0.778. The molecular weight excluding hydrogens is 280 g/mol. The Hall–Kier alpha value is -1.30. The van der Waals surface area contributed by atoms with Gasteiger partial charge in [-0.2, -0.15) is 0 Å². The maximum Gasteiger partial charge on any atom is 0.244 e. The second kappa shape index (κ2) is 6.43. The zero-order valence-electron chi connectivity index (χ0n) is 11.7. The zero-order chi connectivity index (χ0) is 14.0. The van der Waals surface area contributed by atoms with Gasteiger partial charge in [-0.3, -0.25) is 4.79 Å². The Morgan fingerprint density at radius 3 is 2.55 bits per heavy atom. The number of aryl methyl sites for hydroxylation is 1. The minimum atomic E-state index is -0.884. The first-order chi connectivity index (χ1) is 8.94. The normalized spacial score (nSPS) is 17.1. The van der Waals surface area contributed by atoms with E-state index >= 15 is 0 Å². The molecule has 4 N–H and O–H groups in total. The van der Waals surface area contributed by atoms with Gasteiger partial charge in [0.15, 0.2) is 0 Å². The molecule has 20 heavy (non-hydrogen) atoms. The molecule has 1 amide bonds. The molecule has 1 saturated heterocycles. The number of anilines is 1. The molecule has 0 unspecified atom stereocenters. The van der Waals surface area contributed by atoms with Gasteiger partial charge in [0.05, 0.1) is 0 Å². The molecule has 1 aromatic rings. The summed E-state index contributed by atoms with van der Waals surface area (Å²) in [6.45, 7) is 4.59. The molecule has 2 rings (SSSR count). The zero-order valence-corrected chi connectivity index (χ0v) is 12.5. The van der Waals surface area contributed by atoms with E-state index in [9.17, 15) is 9.90 Å². The number of carbonyl (C=O) groups is 1. The van der Waals surface area contributed by atoms with Crippen LogP contribution >= 0.6 is 12.4 Å². The molecule has 6 heteroatoms. The van der Waals surface area contributed by atoms with Gasteiger partial charge in [-0.15, -0.1) is 12.4 Å². The predicted molar refractivity (Wildman–Crippen MR) is 80.4 cm³/mol. The summed E-state index contributed by atoms with van der Waals surface area (Å²) in [5.74, 6) is -0.0157. The Balaban J connectivity index is 0.00000200. The number of benzene rings is 1. The Labute approximate surface area is 124 Å². The van der Waals surface area contributed by atoms with E-state index in [4.69, 9.17) is 10.5 Å². The van der Waals surface area contributed by atoms with E-state index in [2.05, 4.69) is 5.32 Å². The number of halogens is 1. The van der Waals surface area contributed by atoms with Crippen LogP contribution in [0.25, 0.3) is 0 Å². The van der Waals surface area contributed by atoms with Crippen molar-refractivity contribution in [1.82, 2.24) is 0 Å². The average Bonchev–Trinajstić information content (AvgIpc) is 2.40. The summed E-state index contributed by atoms with van der Waals surface area (Å²) in [7, 11) is 0. The molecule has 112 valence electrons. The lowest BCUT2D eigenvalue weighted by Gasteiger charge is -2.32. The number of nitrogens with two attached hydrogens (primary N) is 1. The van der Waals surface area contributed by atoms with Crippen molar-refractivity contribution < 1.29 is 14.6 Å². The van der Waals surface area contributed by atoms with Gasteiger partial charge in [-0.1, -0.05) is 6.07 Å². The third-order valence-corrected chi connectivity index (χ3v) is 3.72. The van der Waals surface area contributed by atoms with Crippen LogP contribution in [0.3, 0.4) is 0 Å². The molecule has 0 bridgehead atoms. The van der Waals surface area contributed by atoms with Crippen molar-refractivity contribution in [3.8, 4) is 5.75 Å². The first kappa shape index (κ1) is 16.8. The molecule has 0 aliphatic carbocycles. The third-order valence-electron chi connectivity index (χ3n) is 3.72. The van der Waals surface area contributed by atoms with Gasteiger partial charge >= 0.3 is 0 Å². The average molecular weight is 301 g/mol. The highest BCUT2D eigenvalue weighted by molar-refractivity contribution is 5.98.